The minimum absolute atomic E-state index is 0.0691. The Hall–Kier alpha value is -6.50. The van der Waals surface area contributed by atoms with Gasteiger partial charge in [-0.05, 0) is 76.6 Å². The van der Waals surface area contributed by atoms with Crippen LogP contribution in [0.3, 0.4) is 0 Å². The molecule has 0 saturated heterocycles. The number of amides is 4. The highest BCUT2D eigenvalue weighted by molar-refractivity contribution is 6.51. The fourth-order valence-corrected chi connectivity index (χ4v) is 7.51. The molecule has 0 fully saturated rings. The van der Waals surface area contributed by atoms with Crippen LogP contribution < -0.4 is 35.7 Å². The van der Waals surface area contributed by atoms with E-state index < -0.39 is 17.9 Å². The van der Waals surface area contributed by atoms with Crippen LogP contribution in [-0.2, 0) is 25.6 Å². The van der Waals surface area contributed by atoms with E-state index in [-0.39, 0.29) is 73.5 Å². The molecular formula is C49H58N6O7. The Morgan fingerprint density at radius 2 is 1.15 bits per heavy atom. The molecule has 62 heavy (non-hydrogen) atoms. The summed E-state index contributed by atoms with van der Waals surface area (Å²) in [5.74, 6) is 0.910. The summed E-state index contributed by atoms with van der Waals surface area (Å²) in [4.78, 5) is 53.4. The third kappa shape index (κ3) is 11.1. The van der Waals surface area contributed by atoms with Crippen LogP contribution in [0.2, 0.25) is 0 Å². The third-order valence-electron chi connectivity index (χ3n) is 10.7. The summed E-state index contributed by atoms with van der Waals surface area (Å²) >= 11 is 0. The second-order valence-electron chi connectivity index (χ2n) is 17.0. The zero-order valence-electron chi connectivity index (χ0n) is 36.9. The van der Waals surface area contributed by atoms with Gasteiger partial charge in [-0.3, -0.25) is 19.2 Å². The molecular weight excluding hydrogens is 785 g/mol. The van der Waals surface area contributed by atoms with E-state index in [1.807, 2.05) is 42.5 Å². The largest absolute Gasteiger partial charge is 0.478 e. The lowest BCUT2D eigenvalue weighted by Crippen LogP contribution is -2.37. The van der Waals surface area contributed by atoms with E-state index >= 15 is 0 Å². The highest BCUT2D eigenvalue weighted by Crippen LogP contribution is 2.39. The number of benzene rings is 4. The maximum atomic E-state index is 13.4. The van der Waals surface area contributed by atoms with Gasteiger partial charge in [0, 0.05) is 48.2 Å². The molecule has 326 valence electrons. The lowest BCUT2D eigenvalue weighted by Gasteiger charge is -2.29. The zero-order valence-corrected chi connectivity index (χ0v) is 36.9. The average Bonchev–Trinajstić information content (AvgIpc) is 3.71. The predicted octanol–water partition coefficient (Wildman–Crippen LogP) is 9.25. The lowest BCUT2D eigenvalue weighted by molar-refractivity contribution is -0.124. The fourth-order valence-electron chi connectivity index (χ4n) is 7.51. The summed E-state index contributed by atoms with van der Waals surface area (Å²) in [5.41, 5.74) is 12.5. The van der Waals surface area contributed by atoms with Crippen molar-refractivity contribution in [1.82, 2.24) is 10.9 Å². The first kappa shape index (κ1) is 45.0. The van der Waals surface area contributed by atoms with Gasteiger partial charge in [-0.25, -0.2) is 10.9 Å². The molecule has 13 heteroatoms. The van der Waals surface area contributed by atoms with Crippen molar-refractivity contribution < 1.29 is 33.4 Å². The molecule has 2 aliphatic rings. The lowest BCUT2D eigenvalue weighted by atomic mass is 9.92. The molecule has 0 saturated carbocycles. The average molecular weight is 843 g/mol. The highest BCUT2D eigenvalue weighted by Gasteiger charge is 2.35. The number of hydrazone groups is 2. The number of anilines is 2. The Balaban J connectivity index is 1.21. The first-order chi connectivity index (χ1) is 29.7. The van der Waals surface area contributed by atoms with Crippen molar-refractivity contribution in [3.8, 4) is 17.2 Å². The van der Waals surface area contributed by atoms with Crippen LogP contribution in [0.5, 0.6) is 17.2 Å². The number of hydrogen-bond donors (Lipinski definition) is 4. The summed E-state index contributed by atoms with van der Waals surface area (Å²) in [6.45, 7) is 16.8. The minimum atomic E-state index is -0.910. The van der Waals surface area contributed by atoms with Crippen molar-refractivity contribution >= 4 is 46.4 Å². The zero-order chi connectivity index (χ0) is 44.5. The van der Waals surface area contributed by atoms with Gasteiger partial charge < -0.3 is 24.8 Å². The second kappa shape index (κ2) is 20.4. The molecule has 0 aliphatic carbocycles. The number of fused-ring (bicyclic) bond motifs is 2. The Morgan fingerprint density at radius 1 is 0.597 bits per heavy atom. The number of hydrogen-bond acceptors (Lipinski definition) is 9. The molecule has 4 aromatic rings. The highest BCUT2D eigenvalue weighted by atomic mass is 16.7. The van der Waals surface area contributed by atoms with E-state index in [1.54, 1.807) is 36.4 Å². The van der Waals surface area contributed by atoms with Gasteiger partial charge in [0.1, 0.15) is 17.2 Å². The number of para-hydroxylation sites is 3. The molecule has 0 radical (unpaired) electrons. The normalized spacial score (nSPS) is 15.5. The van der Waals surface area contributed by atoms with Gasteiger partial charge in [-0.1, -0.05) is 110 Å². The van der Waals surface area contributed by atoms with Crippen LogP contribution in [0.25, 0.3) is 0 Å². The quantitative estimate of drug-likeness (QED) is 0.0816. The molecule has 0 unspecified atom stereocenters. The molecule has 4 N–H and O–H groups in total. The molecule has 0 bridgehead atoms. The Kier molecular flexibility index (Phi) is 14.8. The van der Waals surface area contributed by atoms with E-state index in [4.69, 9.17) is 14.2 Å². The Bertz CT molecular complexity index is 2340. The summed E-state index contributed by atoms with van der Waals surface area (Å²) in [6, 6.07) is 24.5. The van der Waals surface area contributed by atoms with Gasteiger partial charge >= 0.3 is 0 Å². The summed E-state index contributed by atoms with van der Waals surface area (Å²) < 4.78 is 17.7. The van der Waals surface area contributed by atoms with Crippen LogP contribution >= 0.6 is 0 Å². The van der Waals surface area contributed by atoms with Gasteiger partial charge in [0.2, 0.25) is 30.4 Å². The number of rotatable bonds is 16. The number of nitrogens with zero attached hydrogens (tertiary/aromatic N) is 2. The molecule has 6 rings (SSSR count). The van der Waals surface area contributed by atoms with Gasteiger partial charge in [0.05, 0.1) is 0 Å². The smallest absolute Gasteiger partial charge is 0.240 e. The second-order valence-corrected chi connectivity index (χ2v) is 17.0. The van der Waals surface area contributed by atoms with Gasteiger partial charge in [0.15, 0.2) is 17.6 Å². The maximum absolute atomic E-state index is 13.4. The van der Waals surface area contributed by atoms with E-state index in [1.165, 1.54) is 0 Å². The first-order valence-electron chi connectivity index (χ1n) is 21.4. The van der Waals surface area contributed by atoms with Crippen LogP contribution in [0.15, 0.2) is 89.1 Å². The number of ether oxygens (including phenoxy) is 3. The standard InChI is InChI=1S/C49H58N6O7/c1-28(2)25-32-13-11-15-34(29(3)4)45(32)50-41(56)21-23-43(58)52-54-47-37-14-9-10-18-38(37)62-49(33-19-20-39-40(26-33)61-27-60-39)48(47)55-53-44(59)24-22-42(57)51-46-35(30(5)6)16-12-17-36(46)31(7)8/h9-20,26,28-31,49H,21-25,27H2,1-8H3,(H,50,56)(H,51,57)(H,52,58)(H,53,59)/b54-47+,55-48-/t49-/m1/s1. The van der Waals surface area contributed by atoms with Crippen molar-refractivity contribution in [1.29, 1.82) is 0 Å². The topological polar surface area (TPSA) is 169 Å². The molecule has 2 heterocycles. The minimum Gasteiger partial charge on any atom is -0.478 e. The van der Waals surface area contributed by atoms with E-state index in [0.29, 0.717) is 34.3 Å². The summed E-state index contributed by atoms with van der Waals surface area (Å²) in [6.07, 6.45) is -0.552. The van der Waals surface area contributed by atoms with Crippen LogP contribution in [0.1, 0.15) is 138 Å². The molecule has 13 nitrogen and oxygen atoms in total. The van der Waals surface area contributed by atoms with Crippen LogP contribution in [-0.4, -0.2) is 41.8 Å². The van der Waals surface area contributed by atoms with Crippen molar-refractivity contribution in [2.45, 2.75) is 111 Å². The van der Waals surface area contributed by atoms with Crippen LogP contribution in [0.4, 0.5) is 11.4 Å². The van der Waals surface area contributed by atoms with Gasteiger partial charge in [0.25, 0.3) is 0 Å². The third-order valence-corrected chi connectivity index (χ3v) is 10.7. The van der Waals surface area contributed by atoms with Crippen molar-refractivity contribution in [3.05, 3.63) is 112 Å². The molecule has 1 atom stereocenters. The fraction of sp³-hybridized carbons (Fsp3) is 0.388. The van der Waals surface area contributed by atoms with Gasteiger partial charge in [-0.15, -0.1) is 0 Å². The Morgan fingerprint density at radius 3 is 1.77 bits per heavy atom. The van der Waals surface area contributed by atoms with E-state index in [9.17, 15) is 19.2 Å². The Labute approximate surface area is 364 Å². The molecule has 0 aromatic heterocycles. The molecule has 2 aliphatic heterocycles. The molecule has 4 aromatic carbocycles. The van der Waals surface area contributed by atoms with E-state index in [2.05, 4.69) is 87.1 Å². The van der Waals surface area contributed by atoms with E-state index in [0.717, 1.165) is 40.0 Å². The van der Waals surface area contributed by atoms with Crippen molar-refractivity contribution in [2.24, 2.45) is 16.1 Å². The predicted molar refractivity (Wildman–Crippen MR) is 242 cm³/mol. The SMILES string of the molecule is CC(C)Cc1cccc(C(C)C)c1NC(=O)CCC(=O)N/N=C1/C(=N/NC(=O)CCC(=O)Nc2c(C(C)C)cccc2C(C)C)[C@@H](c2ccc3c(c2)OCO3)Oc2ccccc21. The monoisotopic (exact) mass is 842 g/mol. The summed E-state index contributed by atoms with van der Waals surface area (Å²) in [5, 5.41) is 15.2. The number of carbonyl (C=O) groups is 4. The van der Waals surface area contributed by atoms with Crippen molar-refractivity contribution in [2.75, 3.05) is 17.4 Å². The molecule has 0 spiro atoms. The first-order valence-corrected chi connectivity index (χ1v) is 21.4. The van der Waals surface area contributed by atoms with Crippen LogP contribution in [0, 0.1) is 5.92 Å². The summed E-state index contributed by atoms with van der Waals surface area (Å²) in [7, 11) is 0. The maximum Gasteiger partial charge on any atom is 0.240 e. The number of carbonyl (C=O) groups excluding carboxylic acids is 4. The van der Waals surface area contributed by atoms with Crippen molar-refractivity contribution in [3.63, 3.8) is 0 Å². The molecule has 4 amide bonds. The number of nitrogens with one attached hydrogen (secondary N) is 4. The van der Waals surface area contributed by atoms with Gasteiger partial charge in [-0.2, -0.15) is 10.2 Å².